The summed E-state index contributed by atoms with van der Waals surface area (Å²) in [7, 11) is -3.47. The first kappa shape index (κ1) is 16.5. The Morgan fingerprint density at radius 2 is 1.75 bits per heavy atom. The Hall–Kier alpha value is -2.40. The molecule has 4 nitrogen and oxygen atoms in total. The third kappa shape index (κ3) is 3.92. The zero-order chi connectivity index (χ0) is 17.0. The van der Waals surface area contributed by atoms with Gasteiger partial charge in [-0.2, -0.15) is 0 Å². The monoisotopic (exact) mass is 341 g/mol. The number of amides is 1. The molecule has 5 heteroatoms. The van der Waals surface area contributed by atoms with Crippen LogP contribution in [0.5, 0.6) is 0 Å². The maximum atomic E-state index is 12.4. The van der Waals surface area contributed by atoms with E-state index in [1.54, 1.807) is 17.1 Å². The van der Waals surface area contributed by atoms with Crippen LogP contribution in [0.2, 0.25) is 0 Å². The van der Waals surface area contributed by atoms with Gasteiger partial charge >= 0.3 is 0 Å². The number of fused-ring (bicyclic) bond motifs is 1. The molecule has 0 radical (unpaired) electrons. The molecular formula is C19H19NO3S. The van der Waals surface area contributed by atoms with Gasteiger partial charge in [-0.15, -0.1) is 0 Å². The number of para-hydroxylation sites is 1. The fraction of sp³-hybridized carbons (Fsp3) is 0.211. The third-order valence-corrected chi connectivity index (χ3v) is 5.38. The van der Waals surface area contributed by atoms with Gasteiger partial charge in [0, 0.05) is 12.2 Å². The van der Waals surface area contributed by atoms with E-state index in [9.17, 15) is 13.2 Å². The van der Waals surface area contributed by atoms with Crippen LogP contribution in [-0.4, -0.2) is 32.4 Å². The van der Waals surface area contributed by atoms with E-state index in [2.05, 4.69) is 0 Å². The lowest BCUT2D eigenvalue weighted by Gasteiger charge is -2.17. The zero-order valence-corrected chi connectivity index (χ0v) is 14.1. The molecule has 0 N–H and O–H groups in total. The van der Waals surface area contributed by atoms with Gasteiger partial charge in [0.05, 0.1) is 5.75 Å². The maximum absolute atomic E-state index is 12.4. The highest BCUT2D eigenvalue weighted by Crippen LogP contribution is 2.27. The number of rotatable bonds is 5. The van der Waals surface area contributed by atoms with E-state index in [-0.39, 0.29) is 11.7 Å². The van der Waals surface area contributed by atoms with Crippen molar-refractivity contribution in [3.05, 3.63) is 71.8 Å². The highest BCUT2D eigenvalue weighted by atomic mass is 32.2. The van der Waals surface area contributed by atoms with Crippen molar-refractivity contribution in [3.63, 3.8) is 0 Å². The Morgan fingerprint density at radius 1 is 1.04 bits per heavy atom. The summed E-state index contributed by atoms with van der Waals surface area (Å²) in [6.45, 7) is 0.549. The summed E-state index contributed by atoms with van der Waals surface area (Å²) in [6.07, 6.45) is 4.12. The minimum atomic E-state index is -3.47. The van der Waals surface area contributed by atoms with Crippen molar-refractivity contribution in [1.29, 1.82) is 0 Å². The minimum absolute atomic E-state index is 0.136. The fourth-order valence-electron chi connectivity index (χ4n) is 2.82. The largest absolute Gasteiger partial charge is 0.311 e. The summed E-state index contributed by atoms with van der Waals surface area (Å²) < 4.78 is 24.4. The van der Waals surface area contributed by atoms with Crippen molar-refractivity contribution < 1.29 is 13.2 Å². The highest BCUT2D eigenvalue weighted by molar-refractivity contribution is 7.92. The van der Waals surface area contributed by atoms with Crippen molar-refractivity contribution in [2.24, 2.45) is 0 Å². The molecule has 1 heterocycles. The van der Waals surface area contributed by atoms with Gasteiger partial charge in [0.1, 0.15) is 5.75 Å². The van der Waals surface area contributed by atoms with Crippen LogP contribution in [0.15, 0.2) is 60.7 Å². The number of hydrogen-bond acceptors (Lipinski definition) is 3. The third-order valence-electron chi connectivity index (χ3n) is 3.99. The van der Waals surface area contributed by atoms with Crippen molar-refractivity contribution >= 4 is 27.5 Å². The van der Waals surface area contributed by atoms with E-state index in [1.807, 2.05) is 54.6 Å². The number of sulfone groups is 1. The first-order valence-corrected chi connectivity index (χ1v) is 9.68. The number of anilines is 1. The molecule has 124 valence electrons. The highest BCUT2D eigenvalue weighted by Gasteiger charge is 2.27. The summed E-state index contributed by atoms with van der Waals surface area (Å²) in [5.41, 5.74) is 2.86. The molecule has 0 spiro atoms. The van der Waals surface area contributed by atoms with E-state index in [1.165, 1.54) is 0 Å². The molecule has 0 aliphatic carbocycles. The minimum Gasteiger partial charge on any atom is -0.311 e. The van der Waals surface area contributed by atoms with E-state index in [0.717, 1.165) is 23.2 Å². The second-order valence-electron chi connectivity index (χ2n) is 5.79. The molecule has 0 aromatic heterocycles. The molecule has 0 unspecified atom stereocenters. The Morgan fingerprint density at radius 3 is 2.54 bits per heavy atom. The number of carbonyl (C=O) groups is 1. The molecule has 0 bridgehead atoms. The lowest BCUT2D eigenvalue weighted by molar-refractivity contribution is -0.116. The Balaban J connectivity index is 1.63. The number of hydrogen-bond donors (Lipinski definition) is 0. The number of nitrogens with zero attached hydrogens (tertiary/aromatic N) is 1. The van der Waals surface area contributed by atoms with Crippen molar-refractivity contribution in [3.8, 4) is 0 Å². The zero-order valence-electron chi connectivity index (χ0n) is 13.3. The number of benzene rings is 2. The first-order valence-electron chi connectivity index (χ1n) is 7.85. The number of carbonyl (C=O) groups excluding carboxylic acids is 1. The molecule has 0 saturated carbocycles. The van der Waals surface area contributed by atoms with Gasteiger partial charge in [0.15, 0.2) is 9.84 Å². The SMILES string of the molecule is O=C(CS(=O)(=O)C/C=C\c1ccccc1)N1CCc2ccccc21. The molecule has 1 amide bonds. The normalized spacial score (nSPS) is 14.1. The van der Waals surface area contributed by atoms with E-state index >= 15 is 0 Å². The van der Waals surface area contributed by atoms with Gasteiger partial charge in [0.2, 0.25) is 5.91 Å². The van der Waals surface area contributed by atoms with E-state index < -0.39 is 15.6 Å². The smallest absolute Gasteiger partial charge is 0.242 e. The molecule has 0 fully saturated rings. The van der Waals surface area contributed by atoms with E-state index in [4.69, 9.17) is 0 Å². The predicted molar refractivity (Wildman–Crippen MR) is 96.6 cm³/mol. The van der Waals surface area contributed by atoms with Gasteiger partial charge < -0.3 is 4.90 Å². The summed E-state index contributed by atoms with van der Waals surface area (Å²) in [4.78, 5) is 14.0. The van der Waals surface area contributed by atoms with Gasteiger partial charge in [-0.3, -0.25) is 4.79 Å². The van der Waals surface area contributed by atoms with Crippen LogP contribution >= 0.6 is 0 Å². The fourth-order valence-corrected chi connectivity index (χ4v) is 3.86. The van der Waals surface area contributed by atoms with Crippen LogP contribution in [0.1, 0.15) is 11.1 Å². The Labute approximate surface area is 142 Å². The molecule has 2 aromatic rings. The van der Waals surface area contributed by atoms with Crippen molar-refractivity contribution in [2.45, 2.75) is 6.42 Å². The second kappa shape index (κ2) is 7.01. The average molecular weight is 341 g/mol. The molecule has 0 saturated heterocycles. The van der Waals surface area contributed by atoms with Gasteiger partial charge in [-0.1, -0.05) is 60.7 Å². The molecular weight excluding hydrogens is 322 g/mol. The molecule has 1 aliphatic rings. The van der Waals surface area contributed by atoms with Crippen LogP contribution in [0.3, 0.4) is 0 Å². The van der Waals surface area contributed by atoms with Gasteiger partial charge in [-0.05, 0) is 23.6 Å². The quantitative estimate of drug-likeness (QED) is 0.840. The van der Waals surface area contributed by atoms with Crippen LogP contribution < -0.4 is 4.90 Å². The summed E-state index contributed by atoms with van der Waals surface area (Å²) in [5, 5.41) is 0. The van der Waals surface area contributed by atoms with Crippen LogP contribution in [0.4, 0.5) is 5.69 Å². The summed E-state index contributed by atoms with van der Waals surface area (Å²) in [6, 6.07) is 17.1. The topological polar surface area (TPSA) is 54.5 Å². The summed E-state index contributed by atoms with van der Waals surface area (Å²) in [5.74, 6) is -0.947. The second-order valence-corrected chi connectivity index (χ2v) is 7.90. The average Bonchev–Trinajstić information content (AvgIpc) is 2.99. The summed E-state index contributed by atoms with van der Waals surface area (Å²) >= 11 is 0. The van der Waals surface area contributed by atoms with Crippen LogP contribution in [-0.2, 0) is 21.1 Å². The standard InChI is InChI=1S/C19H19NO3S/c21-19(20-13-12-17-10-4-5-11-18(17)20)15-24(22,23)14-6-9-16-7-2-1-3-8-16/h1-11H,12-15H2/b9-6-. The predicted octanol–water partition coefficient (Wildman–Crippen LogP) is 2.70. The lowest BCUT2D eigenvalue weighted by Crippen LogP contribution is -2.34. The molecule has 3 rings (SSSR count). The van der Waals surface area contributed by atoms with Gasteiger partial charge in [-0.25, -0.2) is 8.42 Å². The Kier molecular flexibility index (Phi) is 4.81. The molecule has 0 atom stereocenters. The van der Waals surface area contributed by atoms with Gasteiger partial charge in [0.25, 0.3) is 0 Å². The molecule has 1 aliphatic heterocycles. The Bertz CT molecular complexity index is 857. The molecule has 2 aromatic carbocycles. The van der Waals surface area contributed by atoms with Crippen LogP contribution in [0, 0.1) is 0 Å². The lowest BCUT2D eigenvalue weighted by atomic mass is 10.2. The van der Waals surface area contributed by atoms with E-state index in [0.29, 0.717) is 6.54 Å². The maximum Gasteiger partial charge on any atom is 0.242 e. The first-order chi connectivity index (χ1) is 11.6. The van der Waals surface area contributed by atoms with Crippen LogP contribution in [0.25, 0.3) is 6.08 Å². The van der Waals surface area contributed by atoms with Crippen molar-refractivity contribution in [1.82, 2.24) is 0 Å². The van der Waals surface area contributed by atoms with Crippen molar-refractivity contribution in [2.75, 3.05) is 23.0 Å². The molecule has 24 heavy (non-hydrogen) atoms.